The second-order valence-electron chi connectivity index (χ2n) is 9.94. The predicted molar refractivity (Wildman–Crippen MR) is 144 cm³/mol. The van der Waals surface area contributed by atoms with Crippen molar-refractivity contribution in [1.82, 2.24) is 25.0 Å². The number of carbonyl (C=O) groups is 1. The predicted octanol–water partition coefficient (Wildman–Crippen LogP) is 5.06. The Hall–Kier alpha value is -3.51. The molecule has 186 valence electrons. The molecular formula is C30H35N5O. The highest BCUT2D eigenvalue weighted by molar-refractivity contribution is 5.85. The molecule has 0 aliphatic carbocycles. The lowest BCUT2D eigenvalue weighted by atomic mass is 9.98. The van der Waals surface area contributed by atoms with Gasteiger partial charge >= 0.3 is 0 Å². The van der Waals surface area contributed by atoms with Gasteiger partial charge in [-0.15, -0.1) is 0 Å². The minimum absolute atomic E-state index is 0.132. The van der Waals surface area contributed by atoms with Crippen LogP contribution >= 0.6 is 0 Å². The van der Waals surface area contributed by atoms with Crippen molar-refractivity contribution in [2.45, 2.75) is 59.0 Å². The maximum absolute atomic E-state index is 12.8. The molecule has 5 rings (SSSR count). The second-order valence-corrected chi connectivity index (χ2v) is 9.94. The van der Waals surface area contributed by atoms with Crippen LogP contribution in [0.3, 0.4) is 0 Å². The third-order valence-electron chi connectivity index (χ3n) is 7.38. The van der Waals surface area contributed by atoms with Crippen LogP contribution < -0.4 is 5.32 Å². The maximum atomic E-state index is 12.8. The molecule has 1 fully saturated rings. The summed E-state index contributed by atoms with van der Waals surface area (Å²) >= 11 is 0. The number of nitrogens with zero attached hydrogens (tertiary/aromatic N) is 4. The number of aryl methyl sites for hydroxylation is 3. The molecule has 0 saturated carbocycles. The highest BCUT2D eigenvalue weighted by atomic mass is 16.1. The number of nitrogens with one attached hydrogen (secondary N) is 1. The van der Waals surface area contributed by atoms with Crippen molar-refractivity contribution >= 4 is 16.9 Å². The number of likely N-dealkylation sites (tertiary alicyclic amines) is 1. The quantitative estimate of drug-likeness (QED) is 0.401. The standard InChI is InChI=1S/C30H35N5O/c1-21-27(22(2)31-30-29(21)23(3)33-35(30)26-12-8-5-9-13-26)14-15-28(36)32-25-16-18-34(19-17-25)20-24-10-6-4-7-11-24/h4-13,25H,14-20H2,1-3H3,(H,32,36). The lowest BCUT2D eigenvalue weighted by molar-refractivity contribution is -0.122. The highest BCUT2D eigenvalue weighted by Crippen LogP contribution is 2.28. The van der Waals surface area contributed by atoms with Crippen LogP contribution in [0, 0.1) is 20.8 Å². The smallest absolute Gasteiger partial charge is 0.220 e. The molecule has 1 aliphatic heterocycles. The molecule has 0 bridgehead atoms. The van der Waals surface area contributed by atoms with Gasteiger partial charge in [-0.2, -0.15) is 5.10 Å². The monoisotopic (exact) mass is 481 g/mol. The van der Waals surface area contributed by atoms with Crippen LogP contribution in [0.2, 0.25) is 0 Å². The number of carbonyl (C=O) groups excluding carboxylic acids is 1. The maximum Gasteiger partial charge on any atom is 0.220 e. The van der Waals surface area contributed by atoms with Crippen LogP contribution in [0.5, 0.6) is 0 Å². The molecule has 2 aromatic carbocycles. The van der Waals surface area contributed by atoms with E-state index in [1.54, 1.807) is 0 Å². The third-order valence-corrected chi connectivity index (χ3v) is 7.38. The van der Waals surface area contributed by atoms with Crippen LogP contribution in [-0.4, -0.2) is 44.7 Å². The molecule has 36 heavy (non-hydrogen) atoms. The average molecular weight is 482 g/mol. The zero-order valence-corrected chi connectivity index (χ0v) is 21.5. The van der Waals surface area contributed by atoms with E-state index in [-0.39, 0.29) is 11.9 Å². The van der Waals surface area contributed by atoms with Crippen LogP contribution in [-0.2, 0) is 17.8 Å². The van der Waals surface area contributed by atoms with Crippen LogP contribution in [0.4, 0.5) is 0 Å². The summed E-state index contributed by atoms with van der Waals surface area (Å²) in [6.45, 7) is 9.23. The number of amides is 1. The van der Waals surface area contributed by atoms with Gasteiger partial charge in [0, 0.05) is 43.2 Å². The molecule has 0 unspecified atom stereocenters. The fourth-order valence-corrected chi connectivity index (χ4v) is 5.44. The SMILES string of the molecule is Cc1nc2c(c(C)nn2-c2ccccc2)c(C)c1CCC(=O)NC1CCN(Cc2ccccc2)CC1. The molecule has 1 amide bonds. The van der Waals surface area contributed by atoms with E-state index >= 15 is 0 Å². The first kappa shape index (κ1) is 24.2. The van der Waals surface area contributed by atoms with Crippen LogP contribution in [0.25, 0.3) is 16.7 Å². The summed E-state index contributed by atoms with van der Waals surface area (Å²) < 4.78 is 1.92. The Kier molecular flexibility index (Phi) is 7.14. The van der Waals surface area contributed by atoms with Gasteiger partial charge in [-0.1, -0.05) is 48.5 Å². The molecule has 6 nitrogen and oxygen atoms in total. The van der Waals surface area contributed by atoms with Gasteiger partial charge in [0.1, 0.15) is 0 Å². The number of pyridine rings is 1. The Morgan fingerprint density at radius 1 is 0.944 bits per heavy atom. The van der Waals surface area contributed by atoms with Crippen molar-refractivity contribution in [1.29, 1.82) is 0 Å². The number of hydrogen-bond acceptors (Lipinski definition) is 4. The van der Waals surface area contributed by atoms with Crippen molar-refractivity contribution < 1.29 is 4.79 Å². The van der Waals surface area contributed by atoms with Gasteiger partial charge in [-0.05, 0) is 68.9 Å². The first-order valence-corrected chi connectivity index (χ1v) is 13.0. The lowest BCUT2D eigenvalue weighted by Gasteiger charge is -2.32. The van der Waals surface area contributed by atoms with Gasteiger partial charge in [0.05, 0.1) is 11.4 Å². The van der Waals surface area contributed by atoms with Crippen LogP contribution in [0.15, 0.2) is 60.7 Å². The Morgan fingerprint density at radius 3 is 2.31 bits per heavy atom. The normalized spacial score (nSPS) is 14.9. The summed E-state index contributed by atoms with van der Waals surface area (Å²) in [4.78, 5) is 20.2. The Labute approximate surface area is 213 Å². The van der Waals surface area contributed by atoms with Crippen molar-refractivity contribution in [3.05, 3.63) is 88.7 Å². The summed E-state index contributed by atoms with van der Waals surface area (Å²) in [7, 11) is 0. The lowest BCUT2D eigenvalue weighted by Crippen LogP contribution is -2.44. The molecule has 4 aromatic rings. The number of piperidine rings is 1. The first-order chi connectivity index (χ1) is 17.5. The molecule has 0 spiro atoms. The van der Waals surface area contributed by atoms with Gasteiger partial charge in [0.25, 0.3) is 0 Å². The zero-order chi connectivity index (χ0) is 25.1. The van der Waals surface area contributed by atoms with E-state index in [4.69, 9.17) is 10.1 Å². The van der Waals surface area contributed by atoms with E-state index in [2.05, 4.69) is 47.5 Å². The van der Waals surface area contributed by atoms with Crippen molar-refractivity contribution in [3.8, 4) is 5.69 Å². The molecular weight excluding hydrogens is 446 g/mol. The fraction of sp³-hybridized carbons (Fsp3) is 0.367. The van der Waals surface area contributed by atoms with Crippen molar-refractivity contribution in [2.24, 2.45) is 0 Å². The van der Waals surface area contributed by atoms with Gasteiger partial charge in [-0.3, -0.25) is 9.69 Å². The fourth-order valence-electron chi connectivity index (χ4n) is 5.44. The van der Waals surface area contributed by atoms with E-state index in [9.17, 15) is 4.79 Å². The van der Waals surface area contributed by atoms with Gasteiger partial charge < -0.3 is 5.32 Å². The van der Waals surface area contributed by atoms with E-state index in [1.165, 1.54) is 11.1 Å². The molecule has 2 aromatic heterocycles. The van der Waals surface area contributed by atoms with Gasteiger partial charge in [-0.25, -0.2) is 9.67 Å². The van der Waals surface area contributed by atoms with E-state index < -0.39 is 0 Å². The van der Waals surface area contributed by atoms with Crippen molar-refractivity contribution in [2.75, 3.05) is 13.1 Å². The minimum Gasteiger partial charge on any atom is -0.353 e. The van der Waals surface area contributed by atoms with Crippen LogP contribution in [0.1, 0.15) is 47.3 Å². The molecule has 1 aliphatic rings. The number of fused-ring (bicyclic) bond motifs is 1. The molecule has 0 atom stereocenters. The number of benzene rings is 2. The minimum atomic E-state index is 0.132. The van der Waals surface area contributed by atoms with Gasteiger partial charge in [0.2, 0.25) is 5.91 Å². The number of aromatic nitrogens is 3. The molecule has 3 heterocycles. The largest absolute Gasteiger partial charge is 0.353 e. The van der Waals surface area contributed by atoms with E-state index in [0.29, 0.717) is 12.8 Å². The summed E-state index contributed by atoms with van der Waals surface area (Å²) in [5, 5.41) is 9.15. The third kappa shape index (κ3) is 5.19. The molecule has 6 heteroatoms. The average Bonchev–Trinajstić information content (AvgIpc) is 3.22. The zero-order valence-electron chi connectivity index (χ0n) is 21.5. The number of hydrogen-bond donors (Lipinski definition) is 1. The second kappa shape index (κ2) is 10.6. The number of para-hydroxylation sites is 1. The molecule has 1 N–H and O–H groups in total. The summed E-state index contributed by atoms with van der Waals surface area (Å²) in [6, 6.07) is 21.0. The Morgan fingerprint density at radius 2 is 1.61 bits per heavy atom. The number of rotatable bonds is 7. The summed E-state index contributed by atoms with van der Waals surface area (Å²) in [6.07, 6.45) is 3.17. The Bertz CT molecular complexity index is 1340. The first-order valence-electron chi connectivity index (χ1n) is 13.0. The summed E-state index contributed by atoms with van der Waals surface area (Å²) in [5.41, 5.74) is 7.50. The van der Waals surface area contributed by atoms with E-state index in [0.717, 1.165) is 66.1 Å². The topological polar surface area (TPSA) is 63.1 Å². The summed E-state index contributed by atoms with van der Waals surface area (Å²) in [5.74, 6) is 0.132. The highest BCUT2D eigenvalue weighted by Gasteiger charge is 2.22. The van der Waals surface area contributed by atoms with Gasteiger partial charge in [0.15, 0.2) is 5.65 Å². The molecule has 0 radical (unpaired) electrons. The Balaban J connectivity index is 1.20. The van der Waals surface area contributed by atoms with Crippen molar-refractivity contribution in [3.63, 3.8) is 0 Å². The van der Waals surface area contributed by atoms with E-state index in [1.807, 2.05) is 48.9 Å². The molecule has 1 saturated heterocycles.